The minimum atomic E-state index is -1.66. The predicted octanol–water partition coefficient (Wildman–Crippen LogP) is 4.43. The molecule has 4 rings (SSSR count). The first-order chi connectivity index (χ1) is 23.8. The van der Waals surface area contributed by atoms with Gasteiger partial charge >= 0.3 is 11.9 Å². The van der Waals surface area contributed by atoms with Crippen LogP contribution in [0.15, 0.2) is 133 Å². The molecular formula is C40H44N4O6. The van der Waals surface area contributed by atoms with Crippen molar-refractivity contribution in [2.75, 3.05) is 14.1 Å². The van der Waals surface area contributed by atoms with E-state index in [1.807, 2.05) is 135 Å². The average Bonchev–Trinajstić information content (AvgIpc) is 3.14. The summed E-state index contributed by atoms with van der Waals surface area (Å²) in [5.74, 6) is -3.41. The highest BCUT2D eigenvalue weighted by atomic mass is 16.6. The lowest BCUT2D eigenvalue weighted by atomic mass is 9.84. The number of hydrogen-bond donors (Lipinski definition) is 2. The van der Waals surface area contributed by atoms with E-state index in [0.29, 0.717) is 12.8 Å². The van der Waals surface area contributed by atoms with E-state index in [0.717, 1.165) is 34.4 Å². The molecule has 0 radical (unpaired) electrons. The number of likely N-dealkylation sites (N-methyl/N-ethyl adjacent to an activating group) is 2. The quantitative estimate of drug-likeness (QED) is 0.113. The van der Waals surface area contributed by atoms with E-state index in [2.05, 4.69) is 0 Å². The van der Waals surface area contributed by atoms with E-state index in [1.54, 1.807) is 14.1 Å². The summed E-state index contributed by atoms with van der Waals surface area (Å²) < 4.78 is 10.3. The molecule has 10 heteroatoms. The monoisotopic (exact) mass is 676 g/mol. The molecule has 2 amide bonds. The fourth-order valence-corrected chi connectivity index (χ4v) is 5.84. The molecule has 0 saturated carbocycles. The topological polar surface area (TPSA) is 145 Å². The molecule has 4 unspecified atom stereocenters. The van der Waals surface area contributed by atoms with Gasteiger partial charge in [-0.3, -0.25) is 21.1 Å². The molecule has 0 aliphatic carbocycles. The van der Waals surface area contributed by atoms with E-state index < -0.39 is 47.3 Å². The fraction of sp³-hybridized carbons (Fsp3) is 0.250. The van der Waals surface area contributed by atoms with Crippen LogP contribution in [0.5, 0.6) is 0 Å². The Labute approximate surface area is 293 Å². The van der Waals surface area contributed by atoms with Gasteiger partial charge in [-0.05, 0) is 48.9 Å². The summed E-state index contributed by atoms with van der Waals surface area (Å²) in [6.07, 6.45) is -0.857. The van der Waals surface area contributed by atoms with Gasteiger partial charge in [-0.15, -0.1) is 0 Å². The van der Waals surface area contributed by atoms with Gasteiger partial charge in [0.25, 0.3) is 11.8 Å². The van der Waals surface area contributed by atoms with Gasteiger partial charge in [-0.25, -0.2) is 9.59 Å². The van der Waals surface area contributed by atoms with Crippen LogP contribution in [0, 0.1) is 0 Å². The van der Waals surface area contributed by atoms with Crippen molar-refractivity contribution in [3.05, 3.63) is 156 Å². The first-order valence-corrected chi connectivity index (χ1v) is 16.2. The van der Waals surface area contributed by atoms with Crippen LogP contribution in [0.1, 0.15) is 36.1 Å². The van der Waals surface area contributed by atoms with Crippen LogP contribution in [-0.2, 0) is 52.6 Å². The Balaban J connectivity index is 1.38. The van der Waals surface area contributed by atoms with E-state index in [9.17, 15) is 19.2 Å². The van der Waals surface area contributed by atoms with Crippen molar-refractivity contribution in [2.24, 2.45) is 11.5 Å². The number of amides is 2. The average molecular weight is 677 g/mol. The number of carbonyl (C=O) groups is 4. The highest BCUT2D eigenvalue weighted by Crippen LogP contribution is 2.33. The number of ether oxygens (including phenoxy) is 2. The largest absolute Gasteiger partial charge is 0.434 e. The fourth-order valence-electron chi connectivity index (χ4n) is 5.84. The lowest BCUT2D eigenvalue weighted by Gasteiger charge is -2.40. The summed E-state index contributed by atoms with van der Waals surface area (Å²) >= 11 is 0. The van der Waals surface area contributed by atoms with Gasteiger partial charge in [-0.1, -0.05) is 121 Å². The minimum absolute atomic E-state index is 0.470. The molecule has 10 nitrogen and oxygen atoms in total. The summed E-state index contributed by atoms with van der Waals surface area (Å²) in [6.45, 7) is 3.81. The Morgan fingerprint density at radius 3 is 1.14 bits per heavy atom. The zero-order chi connectivity index (χ0) is 36.3. The van der Waals surface area contributed by atoms with E-state index in [4.69, 9.17) is 20.9 Å². The standard InChI is InChI=1S/C40H44N4O6/c1-39(31-21-13-7-14-22-31,27-29-17-9-5-10-18-29)43(3)37(47)35(41)49-33(45)25-26-34(46)50-36(42)38(48)44(4)40(2,32-23-15-8-16-24-32)28-30-19-11-6-12-20-30/h5-26,35-36H,27-28,41-42H2,1-4H3/b26-25-. The lowest BCUT2D eigenvalue weighted by molar-refractivity contribution is -0.159. The third-order valence-electron chi connectivity index (χ3n) is 9.04. The Kier molecular flexibility index (Phi) is 12.4. The third kappa shape index (κ3) is 9.10. The predicted molar refractivity (Wildman–Crippen MR) is 191 cm³/mol. The molecule has 0 fully saturated rings. The van der Waals surface area contributed by atoms with Crippen molar-refractivity contribution in [1.29, 1.82) is 0 Å². The Morgan fingerprint density at radius 1 is 0.560 bits per heavy atom. The maximum absolute atomic E-state index is 13.5. The molecule has 260 valence electrons. The molecule has 0 aromatic heterocycles. The maximum Gasteiger partial charge on any atom is 0.333 e. The molecule has 4 aromatic carbocycles. The zero-order valence-electron chi connectivity index (χ0n) is 28.8. The smallest absolute Gasteiger partial charge is 0.333 e. The van der Waals surface area contributed by atoms with Gasteiger partial charge < -0.3 is 19.3 Å². The van der Waals surface area contributed by atoms with Crippen molar-refractivity contribution < 1.29 is 28.7 Å². The summed E-state index contributed by atoms with van der Waals surface area (Å²) in [7, 11) is 3.19. The van der Waals surface area contributed by atoms with Crippen LogP contribution in [-0.4, -0.2) is 60.1 Å². The lowest BCUT2D eigenvalue weighted by Crippen LogP contribution is -2.53. The number of rotatable bonds is 14. The number of nitrogens with two attached hydrogens (primary N) is 2. The van der Waals surface area contributed by atoms with Crippen molar-refractivity contribution in [2.45, 2.75) is 50.2 Å². The molecule has 0 bridgehead atoms. The summed E-state index contributed by atoms with van der Waals surface area (Å²) in [6, 6.07) is 38.3. The number of esters is 2. The van der Waals surface area contributed by atoms with Gasteiger partial charge in [0.1, 0.15) is 0 Å². The van der Waals surface area contributed by atoms with Gasteiger partial charge in [0.15, 0.2) is 0 Å². The van der Waals surface area contributed by atoms with Crippen LogP contribution in [0.4, 0.5) is 0 Å². The first kappa shape index (κ1) is 37.2. The van der Waals surface area contributed by atoms with Crippen LogP contribution in [0.3, 0.4) is 0 Å². The third-order valence-corrected chi connectivity index (χ3v) is 9.04. The van der Waals surface area contributed by atoms with E-state index in [-0.39, 0.29) is 0 Å². The Hall–Kier alpha value is -5.58. The number of benzene rings is 4. The van der Waals surface area contributed by atoms with Crippen LogP contribution < -0.4 is 11.5 Å². The molecule has 0 heterocycles. The Bertz CT molecular complexity index is 1640. The van der Waals surface area contributed by atoms with E-state index >= 15 is 0 Å². The van der Waals surface area contributed by atoms with Gasteiger partial charge in [-0.2, -0.15) is 0 Å². The second-order valence-corrected chi connectivity index (χ2v) is 12.4. The van der Waals surface area contributed by atoms with Gasteiger partial charge in [0, 0.05) is 26.2 Å². The van der Waals surface area contributed by atoms with Crippen molar-refractivity contribution in [1.82, 2.24) is 9.80 Å². The highest BCUT2D eigenvalue weighted by molar-refractivity contribution is 5.94. The summed E-state index contributed by atoms with van der Waals surface area (Å²) in [4.78, 5) is 55.0. The second kappa shape index (κ2) is 16.7. The normalized spacial score (nSPS) is 14.8. The molecule has 50 heavy (non-hydrogen) atoms. The molecular weight excluding hydrogens is 632 g/mol. The maximum atomic E-state index is 13.5. The van der Waals surface area contributed by atoms with Crippen molar-refractivity contribution in [3.8, 4) is 0 Å². The van der Waals surface area contributed by atoms with Gasteiger partial charge in [0.05, 0.1) is 11.1 Å². The van der Waals surface area contributed by atoms with Crippen LogP contribution in [0.25, 0.3) is 0 Å². The minimum Gasteiger partial charge on any atom is -0.434 e. The molecule has 4 atom stereocenters. The van der Waals surface area contributed by atoms with Crippen LogP contribution in [0.2, 0.25) is 0 Å². The SMILES string of the molecule is CN(C(=O)C(N)OC(=O)/C=C\C(=O)OC(N)C(=O)N(C)C(C)(Cc1ccccc1)c1ccccc1)C(C)(Cc1ccccc1)c1ccccc1. The molecule has 0 spiro atoms. The van der Waals surface area contributed by atoms with E-state index in [1.165, 1.54) is 9.80 Å². The number of hydrogen-bond acceptors (Lipinski definition) is 8. The second-order valence-electron chi connectivity index (χ2n) is 12.4. The van der Waals surface area contributed by atoms with Crippen molar-refractivity contribution in [3.63, 3.8) is 0 Å². The zero-order valence-corrected chi connectivity index (χ0v) is 28.8. The molecule has 0 aliphatic heterocycles. The molecule has 4 aromatic rings. The van der Waals surface area contributed by atoms with Crippen LogP contribution >= 0.6 is 0 Å². The number of nitrogens with zero attached hydrogens (tertiary/aromatic N) is 2. The molecule has 0 saturated heterocycles. The highest BCUT2D eigenvalue weighted by Gasteiger charge is 2.39. The summed E-state index contributed by atoms with van der Waals surface area (Å²) in [5.41, 5.74) is 14.1. The molecule has 4 N–H and O–H groups in total. The van der Waals surface area contributed by atoms with Gasteiger partial charge in [0.2, 0.25) is 12.5 Å². The van der Waals surface area contributed by atoms with Crippen molar-refractivity contribution >= 4 is 23.8 Å². The first-order valence-electron chi connectivity index (χ1n) is 16.2. The Morgan fingerprint density at radius 2 is 0.840 bits per heavy atom. The summed E-state index contributed by atoms with van der Waals surface area (Å²) in [5, 5.41) is 0. The number of carbonyl (C=O) groups excluding carboxylic acids is 4. The molecule has 0 aliphatic rings.